The fraction of sp³-hybridized carbons (Fsp3) is 0.375. The number of nitro groups is 1. The average molecular weight is 499 g/mol. The number of aryl methyl sites for hydroxylation is 1. The number of methoxy groups -OCH3 is 1. The lowest BCUT2D eigenvalue weighted by Crippen LogP contribution is -2.44. The highest BCUT2D eigenvalue weighted by Crippen LogP contribution is 2.35. The number of hydrogen-bond donors (Lipinski definition) is 0. The van der Waals surface area contributed by atoms with Crippen molar-refractivity contribution in [1.29, 1.82) is 0 Å². The molecule has 1 aromatic heterocycles. The molecule has 3 amide bonds. The quantitative estimate of drug-likeness (QED) is 0.335. The summed E-state index contributed by atoms with van der Waals surface area (Å²) in [7, 11) is 1.49. The minimum absolute atomic E-state index is 0.0747. The zero-order valence-corrected chi connectivity index (χ0v) is 20.6. The molecule has 2 saturated heterocycles. The zero-order valence-electron chi connectivity index (χ0n) is 19.8. The Bertz CT molecular complexity index is 1240. The van der Waals surface area contributed by atoms with Gasteiger partial charge in [0.05, 0.1) is 22.6 Å². The summed E-state index contributed by atoms with van der Waals surface area (Å²) in [6.45, 7) is 4.70. The third kappa shape index (κ3) is 4.81. The van der Waals surface area contributed by atoms with Crippen molar-refractivity contribution in [2.75, 3.05) is 26.7 Å². The number of amides is 3. The summed E-state index contributed by atoms with van der Waals surface area (Å²) in [4.78, 5) is 51.9. The SMILES string of the molecule is COc1ccc([N+](=O)[O-])cc1-n1c(C)cc(/C=C2\SC(=O)N(CC(=O)N3CCCCC3)C2=O)c1C. The van der Waals surface area contributed by atoms with E-state index in [0.717, 1.165) is 47.3 Å². The topological polar surface area (TPSA) is 115 Å². The first-order chi connectivity index (χ1) is 16.7. The molecule has 0 atom stereocenters. The number of nitrogens with zero attached hydrogens (tertiary/aromatic N) is 4. The molecule has 1 aromatic carbocycles. The van der Waals surface area contributed by atoms with E-state index in [2.05, 4.69) is 0 Å². The average Bonchev–Trinajstić information content (AvgIpc) is 3.27. The highest BCUT2D eigenvalue weighted by molar-refractivity contribution is 8.18. The molecule has 2 aliphatic rings. The summed E-state index contributed by atoms with van der Waals surface area (Å²) < 4.78 is 7.22. The molecule has 184 valence electrons. The van der Waals surface area contributed by atoms with Gasteiger partial charge in [-0.1, -0.05) is 0 Å². The molecule has 2 fully saturated rings. The van der Waals surface area contributed by atoms with Gasteiger partial charge in [-0.2, -0.15) is 0 Å². The van der Waals surface area contributed by atoms with Gasteiger partial charge in [0.1, 0.15) is 12.3 Å². The number of nitro benzene ring substituents is 1. The second kappa shape index (κ2) is 9.95. The van der Waals surface area contributed by atoms with Crippen molar-refractivity contribution in [2.45, 2.75) is 33.1 Å². The lowest BCUT2D eigenvalue weighted by molar-refractivity contribution is -0.384. The van der Waals surface area contributed by atoms with Crippen molar-refractivity contribution >= 4 is 40.6 Å². The van der Waals surface area contributed by atoms with E-state index < -0.39 is 16.1 Å². The number of benzene rings is 1. The molecule has 0 bridgehead atoms. The Morgan fingerprint density at radius 3 is 2.54 bits per heavy atom. The Kier molecular flexibility index (Phi) is 6.97. The van der Waals surface area contributed by atoms with Crippen molar-refractivity contribution < 1.29 is 24.0 Å². The molecule has 0 saturated carbocycles. The number of piperidine rings is 1. The minimum Gasteiger partial charge on any atom is -0.495 e. The molecule has 2 aromatic rings. The summed E-state index contributed by atoms with van der Waals surface area (Å²) in [6, 6.07) is 6.18. The molecule has 0 spiro atoms. The zero-order chi connectivity index (χ0) is 25.3. The largest absolute Gasteiger partial charge is 0.495 e. The number of imide groups is 1. The standard InChI is InChI=1S/C24H26N4O6S/c1-15-11-17(16(2)27(15)19-13-18(28(32)33)7-8-20(19)34-3)12-21-23(30)26(24(31)35-21)14-22(29)25-9-5-4-6-10-25/h7-8,11-13H,4-6,9-10,14H2,1-3H3/b21-12-. The van der Waals surface area contributed by atoms with Crippen LogP contribution in [0.15, 0.2) is 29.2 Å². The first-order valence-corrected chi connectivity index (χ1v) is 12.1. The highest BCUT2D eigenvalue weighted by atomic mass is 32.2. The monoisotopic (exact) mass is 498 g/mol. The van der Waals surface area contributed by atoms with Crippen LogP contribution >= 0.6 is 11.8 Å². The van der Waals surface area contributed by atoms with Crippen molar-refractivity contribution in [3.8, 4) is 11.4 Å². The molecule has 0 radical (unpaired) electrons. The molecule has 2 aliphatic heterocycles. The predicted molar refractivity (Wildman–Crippen MR) is 132 cm³/mol. The Morgan fingerprint density at radius 1 is 1.17 bits per heavy atom. The van der Waals surface area contributed by atoms with E-state index in [-0.39, 0.29) is 23.0 Å². The molecule has 11 heteroatoms. The third-order valence-corrected chi connectivity index (χ3v) is 7.15. The van der Waals surface area contributed by atoms with Crippen molar-refractivity contribution in [3.63, 3.8) is 0 Å². The summed E-state index contributed by atoms with van der Waals surface area (Å²) in [6.07, 6.45) is 4.56. The Labute approximate surface area is 206 Å². The lowest BCUT2D eigenvalue weighted by atomic mass is 10.1. The van der Waals surface area contributed by atoms with Gasteiger partial charge in [0.2, 0.25) is 5.91 Å². The molecular weight excluding hydrogens is 472 g/mol. The molecule has 3 heterocycles. The van der Waals surface area contributed by atoms with Crippen molar-refractivity contribution in [3.05, 3.63) is 56.2 Å². The van der Waals surface area contributed by atoms with E-state index in [1.165, 1.54) is 25.3 Å². The summed E-state index contributed by atoms with van der Waals surface area (Å²) in [5.41, 5.74) is 2.60. The minimum atomic E-state index is -0.497. The van der Waals surface area contributed by atoms with Crippen LogP contribution in [0.25, 0.3) is 11.8 Å². The van der Waals surface area contributed by atoms with Crippen LogP contribution < -0.4 is 4.74 Å². The van der Waals surface area contributed by atoms with Gasteiger partial charge in [0, 0.05) is 36.6 Å². The predicted octanol–water partition coefficient (Wildman–Crippen LogP) is 4.06. The first kappa shape index (κ1) is 24.5. The van der Waals surface area contributed by atoms with E-state index in [1.807, 2.05) is 24.5 Å². The molecule has 0 aliphatic carbocycles. The molecular formula is C24H26N4O6S. The number of rotatable bonds is 6. The van der Waals surface area contributed by atoms with E-state index in [0.29, 0.717) is 30.1 Å². The van der Waals surface area contributed by atoms with Gasteiger partial charge in [-0.25, -0.2) is 0 Å². The smallest absolute Gasteiger partial charge is 0.294 e. The van der Waals surface area contributed by atoms with Crippen LogP contribution in [0.1, 0.15) is 36.2 Å². The number of ether oxygens (including phenoxy) is 1. The first-order valence-electron chi connectivity index (χ1n) is 11.3. The molecule has 4 rings (SSSR count). The van der Waals surface area contributed by atoms with Gasteiger partial charge in [0.15, 0.2) is 0 Å². The number of thioether (sulfide) groups is 1. The maximum Gasteiger partial charge on any atom is 0.294 e. The van der Waals surface area contributed by atoms with Crippen molar-refractivity contribution in [2.24, 2.45) is 0 Å². The summed E-state index contributed by atoms with van der Waals surface area (Å²) in [5.74, 6) is -0.257. The van der Waals surface area contributed by atoms with Crippen molar-refractivity contribution in [1.82, 2.24) is 14.4 Å². The number of hydrogen-bond acceptors (Lipinski definition) is 7. The number of carbonyl (C=O) groups is 3. The van der Waals surface area contributed by atoms with Crippen LogP contribution in [0.3, 0.4) is 0 Å². The molecule has 10 nitrogen and oxygen atoms in total. The summed E-state index contributed by atoms with van der Waals surface area (Å²) >= 11 is 0.803. The Balaban J connectivity index is 1.62. The normalized spacial score (nSPS) is 17.4. The summed E-state index contributed by atoms with van der Waals surface area (Å²) in [5, 5.41) is 10.8. The number of carbonyl (C=O) groups excluding carboxylic acids is 3. The van der Waals surface area contributed by atoms with Crippen LogP contribution in [0, 0.1) is 24.0 Å². The Morgan fingerprint density at radius 2 is 1.89 bits per heavy atom. The van der Waals surface area contributed by atoms with E-state index in [9.17, 15) is 24.5 Å². The van der Waals surface area contributed by atoms with Crippen LogP contribution in [0.5, 0.6) is 5.75 Å². The van der Waals surface area contributed by atoms with Gasteiger partial charge in [-0.3, -0.25) is 29.4 Å². The second-order valence-corrected chi connectivity index (χ2v) is 9.48. The Hall–Kier alpha value is -3.60. The van der Waals surface area contributed by atoms with Crippen LogP contribution in [0.2, 0.25) is 0 Å². The van der Waals surface area contributed by atoms with E-state index in [4.69, 9.17) is 4.74 Å². The van der Waals surface area contributed by atoms with Gasteiger partial charge >= 0.3 is 0 Å². The van der Waals surface area contributed by atoms with Gasteiger partial charge in [-0.05, 0) is 68.6 Å². The maximum atomic E-state index is 13.0. The number of non-ortho nitro benzene ring substituents is 1. The highest BCUT2D eigenvalue weighted by Gasteiger charge is 2.37. The molecule has 35 heavy (non-hydrogen) atoms. The van der Waals surface area contributed by atoms with Crippen LogP contribution in [0.4, 0.5) is 10.5 Å². The molecule has 0 unspecified atom stereocenters. The van der Waals surface area contributed by atoms with Gasteiger partial charge in [-0.15, -0.1) is 0 Å². The number of aromatic nitrogens is 1. The fourth-order valence-electron chi connectivity index (χ4n) is 4.43. The van der Waals surface area contributed by atoms with Gasteiger partial charge < -0.3 is 14.2 Å². The van der Waals surface area contributed by atoms with Crippen LogP contribution in [-0.2, 0) is 9.59 Å². The maximum absolute atomic E-state index is 13.0. The lowest BCUT2D eigenvalue weighted by Gasteiger charge is -2.27. The number of likely N-dealkylation sites (tertiary alicyclic amines) is 1. The fourth-order valence-corrected chi connectivity index (χ4v) is 5.26. The van der Waals surface area contributed by atoms with E-state index in [1.54, 1.807) is 11.0 Å². The third-order valence-electron chi connectivity index (χ3n) is 6.25. The van der Waals surface area contributed by atoms with Gasteiger partial charge in [0.25, 0.3) is 16.8 Å². The second-order valence-electron chi connectivity index (χ2n) is 8.48. The van der Waals surface area contributed by atoms with E-state index >= 15 is 0 Å². The molecule has 0 N–H and O–H groups in total. The van der Waals surface area contributed by atoms with Crippen LogP contribution in [-0.4, -0.2) is 63.1 Å².